The first-order chi connectivity index (χ1) is 14.1. The van der Waals surface area contributed by atoms with Crippen LogP contribution in [0.4, 0.5) is 5.69 Å². The Labute approximate surface area is 177 Å². The van der Waals surface area contributed by atoms with Gasteiger partial charge in [-0.3, -0.25) is 14.5 Å². The van der Waals surface area contributed by atoms with E-state index in [-0.39, 0.29) is 11.8 Å². The molecule has 1 fully saturated rings. The largest absolute Gasteiger partial charge is 0.375 e. The highest BCUT2D eigenvalue weighted by molar-refractivity contribution is 7.08. The average molecular weight is 415 g/mol. The lowest BCUT2D eigenvalue weighted by Crippen LogP contribution is -2.40. The minimum Gasteiger partial charge on any atom is -0.375 e. The van der Waals surface area contributed by atoms with Crippen LogP contribution >= 0.6 is 11.3 Å². The third-order valence-electron chi connectivity index (χ3n) is 5.20. The van der Waals surface area contributed by atoms with Gasteiger partial charge in [0.05, 0.1) is 12.1 Å². The summed E-state index contributed by atoms with van der Waals surface area (Å²) in [5, 5.41) is 6.85. The highest BCUT2D eigenvalue weighted by Gasteiger charge is 2.21. The molecule has 0 saturated carbocycles. The number of hydrogen-bond donors (Lipinski definition) is 1. The average Bonchev–Trinajstić information content (AvgIpc) is 3.18. The van der Waals surface area contributed by atoms with Crippen molar-refractivity contribution in [2.45, 2.75) is 12.8 Å². The summed E-state index contributed by atoms with van der Waals surface area (Å²) in [7, 11) is 2.07. The predicted octanol–water partition coefficient (Wildman–Crippen LogP) is 2.54. The van der Waals surface area contributed by atoms with Crippen molar-refractivity contribution in [1.29, 1.82) is 0 Å². The summed E-state index contributed by atoms with van der Waals surface area (Å²) in [6, 6.07) is 12.1. The van der Waals surface area contributed by atoms with Gasteiger partial charge in [-0.25, -0.2) is 0 Å². The zero-order chi connectivity index (χ0) is 20.5. The molecule has 0 spiro atoms. The van der Waals surface area contributed by atoms with Gasteiger partial charge in [0.2, 0.25) is 5.91 Å². The van der Waals surface area contributed by atoms with Crippen LogP contribution in [0.15, 0.2) is 47.2 Å². The molecule has 1 aliphatic heterocycles. The van der Waals surface area contributed by atoms with Gasteiger partial charge in [0.1, 0.15) is 0 Å². The maximum atomic E-state index is 12.5. The lowest BCUT2D eigenvalue weighted by atomic mass is 10.3. The number of carbonyl (C=O) groups excluding carboxylic acids is 2. The van der Waals surface area contributed by atoms with Crippen molar-refractivity contribution in [3.8, 4) is 0 Å². The van der Waals surface area contributed by atoms with Gasteiger partial charge in [-0.15, -0.1) is 0 Å². The second-order valence-electron chi connectivity index (χ2n) is 7.39. The summed E-state index contributed by atoms with van der Waals surface area (Å²) in [5.41, 5.74) is 1.95. The second-order valence-corrected chi connectivity index (χ2v) is 8.17. The Kier molecular flexibility index (Phi) is 8.07. The molecule has 2 aromatic rings. The van der Waals surface area contributed by atoms with Crippen molar-refractivity contribution in [3.63, 3.8) is 0 Å². The summed E-state index contributed by atoms with van der Waals surface area (Å²) in [6.07, 6.45) is 1.80. The van der Waals surface area contributed by atoms with Crippen LogP contribution in [-0.4, -0.2) is 74.5 Å². The number of benzene rings is 1. The Morgan fingerprint density at radius 3 is 2.69 bits per heavy atom. The fourth-order valence-electron chi connectivity index (χ4n) is 3.52. The first-order valence-electron chi connectivity index (χ1n) is 10.2. The molecule has 1 aliphatic rings. The molecule has 1 aromatic heterocycles. The molecule has 2 amide bonds. The zero-order valence-corrected chi connectivity index (χ0v) is 17.9. The van der Waals surface area contributed by atoms with E-state index in [4.69, 9.17) is 0 Å². The molecule has 3 rings (SSSR count). The first kappa shape index (κ1) is 21.3. The lowest BCUT2D eigenvalue weighted by molar-refractivity contribution is -0.122. The summed E-state index contributed by atoms with van der Waals surface area (Å²) in [6.45, 7) is 4.97. The minimum absolute atomic E-state index is 0.0602. The van der Waals surface area contributed by atoms with E-state index < -0.39 is 0 Å². The summed E-state index contributed by atoms with van der Waals surface area (Å²) in [4.78, 5) is 31.0. The minimum atomic E-state index is 0.0602. The van der Waals surface area contributed by atoms with Gasteiger partial charge >= 0.3 is 0 Å². The Balaban J connectivity index is 1.34. The Bertz CT molecular complexity index is 766. The van der Waals surface area contributed by atoms with Gasteiger partial charge in [-0.1, -0.05) is 18.2 Å². The number of rotatable bonds is 8. The first-order valence-corrected chi connectivity index (χ1v) is 11.1. The predicted molar refractivity (Wildman–Crippen MR) is 119 cm³/mol. The second kappa shape index (κ2) is 11.0. The van der Waals surface area contributed by atoms with Gasteiger partial charge in [0.15, 0.2) is 0 Å². The van der Waals surface area contributed by atoms with Crippen LogP contribution in [0.3, 0.4) is 0 Å². The third kappa shape index (κ3) is 6.58. The van der Waals surface area contributed by atoms with E-state index in [1.165, 1.54) is 5.69 Å². The maximum Gasteiger partial charge on any atom is 0.254 e. The smallest absolute Gasteiger partial charge is 0.254 e. The number of carbonyl (C=O) groups is 2. The van der Waals surface area contributed by atoms with E-state index in [0.717, 1.165) is 44.6 Å². The fraction of sp³-hybridized carbons (Fsp3) is 0.455. The molecule has 1 aromatic carbocycles. The summed E-state index contributed by atoms with van der Waals surface area (Å²) in [5.74, 6) is 0.157. The molecular formula is C22H30N4O2S. The Morgan fingerprint density at radius 1 is 1.10 bits per heavy atom. The molecule has 0 radical (unpaired) electrons. The van der Waals surface area contributed by atoms with E-state index >= 15 is 0 Å². The molecule has 0 aliphatic carbocycles. The van der Waals surface area contributed by atoms with E-state index in [9.17, 15) is 9.59 Å². The molecule has 2 heterocycles. The van der Waals surface area contributed by atoms with Crippen LogP contribution < -0.4 is 10.2 Å². The topological polar surface area (TPSA) is 55.9 Å². The molecular weight excluding hydrogens is 384 g/mol. The van der Waals surface area contributed by atoms with Crippen molar-refractivity contribution in [3.05, 3.63) is 52.7 Å². The number of anilines is 1. The standard InChI is InChI=1S/C22H30N4O2S/c1-24(20-7-3-2-4-8-20)11-5-10-23-21(27)17-25-12-6-13-26(15-14-25)22(28)19-9-16-29-18-19/h2-4,7-9,16,18H,5-6,10-15,17H2,1H3,(H,23,27). The van der Waals surface area contributed by atoms with Crippen molar-refractivity contribution in [1.82, 2.24) is 15.1 Å². The number of thiophene rings is 1. The molecule has 6 nitrogen and oxygen atoms in total. The van der Waals surface area contributed by atoms with Crippen LogP contribution in [0.25, 0.3) is 0 Å². The normalized spacial score (nSPS) is 15.0. The number of para-hydroxylation sites is 1. The van der Waals surface area contributed by atoms with Crippen LogP contribution in [0.5, 0.6) is 0 Å². The van der Waals surface area contributed by atoms with Crippen LogP contribution in [0, 0.1) is 0 Å². The fourth-order valence-corrected chi connectivity index (χ4v) is 4.15. The summed E-state index contributed by atoms with van der Waals surface area (Å²) < 4.78 is 0. The summed E-state index contributed by atoms with van der Waals surface area (Å²) >= 11 is 1.54. The maximum absolute atomic E-state index is 12.5. The Hall–Kier alpha value is -2.38. The van der Waals surface area contributed by atoms with Crippen molar-refractivity contribution in [2.75, 3.05) is 57.8 Å². The number of nitrogens with one attached hydrogen (secondary N) is 1. The molecule has 156 valence electrons. The van der Waals surface area contributed by atoms with E-state index in [2.05, 4.69) is 34.3 Å². The van der Waals surface area contributed by atoms with Gasteiger partial charge in [-0.2, -0.15) is 11.3 Å². The Morgan fingerprint density at radius 2 is 1.93 bits per heavy atom. The molecule has 1 N–H and O–H groups in total. The molecule has 7 heteroatoms. The van der Waals surface area contributed by atoms with Gasteiger partial charge in [0.25, 0.3) is 5.91 Å². The van der Waals surface area contributed by atoms with Gasteiger partial charge in [-0.05, 0) is 36.4 Å². The number of hydrogen-bond acceptors (Lipinski definition) is 5. The quantitative estimate of drug-likeness (QED) is 0.675. The van der Waals surface area contributed by atoms with Crippen LogP contribution in [-0.2, 0) is 4.79 Å². The SMILES string of the molecule is CN(CCCNC(=O)CN1CCCN(C(=O)c2ccsc2)CC1)c1ccccc1. The molecule has 0 atom stereocenters. The van der Waals surface area contributed by atoms with Crippen molar-refractivity contribution in [2.24, 2.45) is 0 Å². The van der Waals surface area contributed by atoms with E-state index in [0.29, 0.717) is 19.6 Å². The zero-order valence-electron chi connectivity index (χ0n) is 17.0. The highest BCUT2D eigenvalue weighted by atomic mass is 32.1. The van der Waals surface area contributed by atoms with Crippen LogP contribution in [0.2, 0.25) is 0 Å². The van der Waals surface area contributed by atoms with Gasteiger partial charge in [0, 0.05) is 57.4 Å². The van der Waals surface area contributed by atoms with Crippen molar-refractivity contribution >= 4 is 28.8 Å². The molecule has 1 saturated heterocycles. The van der Waals surface area contributed by atoms with E-state index in [1.54, 1.807) is 11.3 Å². The molecule has 0 bridgehead atoms. The molecule has 0 unspecified atom stereocenters. The lowest BCUT2D eigenvalue weighted by Gasteiger charge is -2.22. The third-order valence-corrected chi connectivity index (χ3v) is 5.88. The van der Waals surface area contributed by atoms with Gasteiger partial charge < -0.3 is 15.1 Å². The monoisotopic (exact) mass is 414 g/mol. The highest BCUT2D eigenvalue weighted by Crippen LogP contribution is 2.12. The van der Waals surface area contributed by atoms with Crippen molar-refractivity contribution < 1.29 is 9.59 Å². The van der Waals surface area contributed by atoms with Crippen LogP contribution in [0.1, 0.15) is 23.2 Å². The molecule has 29 heavy (non-hydrogen) atoms. The number of nitrogens with zero attached hydrogens (tertiary/aromatic N) is 3. The number of amides is 2. The van der Waals surface area contributed by atoms with E-state index in [1.807, 2.05) is 39.9 Å².